The number of halogens is 1. The maximum absolute atomic E-state index is 13.2. The third kappa shape index (κ3) is 6.04. The first-order valence-electron chi connectivity index (χ1n) is 9.70. The van der Waals surface area contributed by atoms with Gasteiger partial charge in [-0.2, -0.15) is 0 Å². The van der Waals surface area contributed by atoms with Gasteiger partial charge < -0.3 is 14.5 Å². The molecule has 1 saturated heterocycles. The van der Waals surface area contributed by atoms with E-state index in [9.17, 15) is 18.8 Å². The molecule has 28 heavy (non-hydrogen) atoms. The molecule has 1 atom stereocenters. The monoisotopic (exact) mass is 392 g/mol. The zero-order chi connectivity index (χ0) is 20.7. The van der Waals surface area contributed by atoms with Gasteiger partial charge in [0.2, 0.25) is 11.8 Å². The number of hydrogen-bond acceptors (Lipinski definition) is 4. The molecule has 1 heterocycles. The van der Waals surface area contributed by atoms with E-state index >= 15 is 0 Å². The molecule has 0 N–H and O–H groups in total. The first kappa shape index (κ1) is 21.9. The molecule has 1 aliphatic rings. The summed E-state index contributed by atoms with van der Waals surface area (Å²) in [6, 6.07) is 6.02. The molecule has 0 aromatic heterocycles. The van der Waals surface area contributed by atoms with Crippen molar-refractivity contribution in [2.75, 3.05) is 20.2 Å². The highest BCUT2D eigenvalue weighted by atomic mass is 19.1. The Balaban J connectivity index is 2.06. The molecule has 0 aliphatic carbocycles. The zero-order valence-corrected chi connectivity index (χ0v) is 16.8. The number of amides is 2. The summed E-state index contributed by atoms with van der Waals surface area (Å²) in [5, 5.41) is 0. The van der Waals surface area contributed by atoms with Crippen LogP contribution in [0.5, 0.6) is 0 Å². The minimum absolute atomic E-state index is 0.00659. The first-order chi connectivity index (χ1) is 13.3. The second-order valence-electron chi connectivity index (χ2n) is 7.48. The average Bonchev–Trinajstić information content (AvgIpc) is 2.83. The molecule has 0 spiro atoms. The van der Waals surface area contributed by atoms with Crippen molar-refractivity contribution in [3.63, 3.8) is 0 Å². The number of hydrogen-bond donors (Lipinski definition) is 0. The van der Waals surface area contributed by atoms with E-state index in [4.69, 9.17) is 0 Å². The quantitative estimate of drug-likeness (QED) is 0.669. The van der Waals surface area contributed by atoms with Crippen LogP contribution in [0.15, 0.2) is 24.3 Å². The van der Waals surface area contributed by atoms with Gasteiger partial charge in [0.15, 0.2) is 0 Å². The average molecular weight is 392 g/mol. The van der Waals surface area contributed by atoms with Crippen molar-refractivity contribution in [1.29, 1.82) is 0 Å². The third-order valence-electron chi connectivity index (χ3n) is 5.11. The van der Waals surface area contributed by atoms with E-state index in [1.807, 2.05) is 13.8 Å². The normalized spacial score (nSPS) is 17.6. The number of esters is 1. The van der Waals surface area contributed by atoms with Gasteiger partial charge in [0, 0.05) is 38.9 Å². The number of carbonyl (C=O) groups is 3. The predicted octanol–water partition coefficient (Wildman–Crippen LogP) is 2.75. The second-order valence-corrected chi connectivity index (χ2v) is 7.48. The molecule has 0 saturated carbocycles. The lowest BCUT2D eigenvalue weighted by molar-refractivity contribution is -0.141. The van der Waals surface area contributed by atoms with Crippen molar-refractivity contribution in [2.24, 2.45) is 5.92 Å². The van der Waals surface area contributed by atoms with E-state index in [0.29, 0.717) is 26.1 Å². The number of carbonyl (C=O) groups excluding carboxylic acids is 3. The molecule has 154 valence electrons. The van der Waals surface area contributed by atoms with Gasteiger partial charge in [0.25, 0.3) is 0 Å². The van der Waals surface area contributed by atoms with Gasteiger partial charge in [-0.15, -0.1) is 0 Å². The maximum atomic E-state index is 13.2. The van der Waals surface area contributed by atoms with Crippen molar-refractivity contribution < 1.29 is 23.5 Å². The summed E-state index contributed by atoms with van der Waals surface area (Å²) in [7, 11) is 1.33. The number of benzene rings is 1. The summed E-state index contributed by atoms with van der Waals surface area (Å²) >= 11 is 0. The van der Waals surface area contributed by atoms with Gasteiger partial charge in [-0.25, -0.2) is 4.39 Å². The van der Waals surface area contributed by atoms with Crippen molar-refractivity contribution in [3.05, 3.63) is 35.6 Å². The molecule has 1 aliphatic heterocycles. The lowest BCUT2D eigenvalue weighted by atomic mass is 10.0. The Labute approximate surface area is 165 Å². The van der Waals surface area contributed by atoms with Crippen LogP contribution in [0.3, 0.4) is 0 Å². The number of nitrogens with zero attached hydrogens (tertiary/aromatic N) is 2. The van der Waals surface area contributed by atoms with Crippen LogP contribution in [0, 0.1) is 11.7 Å². The fourth-order valence-electron chi connectivity index (χ4n) is 3.41. The molecule has 0 unspecified atom stereocenters. The van der Waals surface area contributed by atoms with Crippen LogP contribution in [0.2, 0.25) is 0 Å². The third-order valence-corrected chi connectivity index (χ3v) is 5.11. The highest BCUT2D eigenvalue weighted by molar-refractivity contribution is 5.81. The molecular weight excluding hydrogens is 363 g/mol. The Morgan fingerprint density at radius 3 is 2.50 bits per heavy atom. The number of ether oxygens (including phenoxy) is 1. The topological polar surface area (TPSA) is 66.9 Å². The fourth-order valence-corrected chi connectivity index (χ4v) is 3.41. The highest BCUT2D eigenvalue weighted by Crippen LogP contribution is 2.22. The summed E-state index contributed by atoms with van der Waals surface area (Å²) in [6.45, 7) is 5.29. The van der Waals surface area contributed by atoms with E-state index < -0.39 is 0 Å². The predicted molar refractivity (Wildman–Crippen MR) is 103 cm³/mol. The largest absolute Gasteiger partial charge is 0.469 e. The van der Waals surface area contributed by atoms with Crippen LogP contribution in [-0.4, -0.2) is 53.8 Å². The van der Waals surface area contributed by atoms with Gasteiger partial charge in [-0.1, -0.05) is 26.0 Å². The van der Waals surface area contributed by atoms with Gasteiger partial charge in [0.05, 0.1) is 13.2 Å². The van der Waals surface area contributed by atoms with E-state index in [1.54, 1.807) is 21.9 Å². The Bertz CT molecular complexity index is 690. The van der Waals surface area contributed by atoms with Crippen molar-refractivity contribution >= 4 is 17.8 Å². The Morgan fingerprint density at radius 2 is 1.89 bits per heavy atom. The van der Waals surface area contributed by atoms with Gasteiger partial charge in [0.1, 0.15) is 5.82 Å². The molecule has 2 rings (SSSR count). The zero-order valence-electron chi connectivity index (χ0n) is 16.8. The van der Waals surface area contributed by atoms with Crippen LogP contribution < -0.4 is 0 Å². The molecule has 2 amide bonds. The lowest BCUT2D eigenvalue weighted by Gasteiger charge is -2.34. The standard InChI is InChI=1S/C21H29FN2O4/c1-15(2)18-14-23(19(25)5-4-6-21(27)28-3)12-11-20(26)24(18)13-16-7-9-17(22)10-8-16/h7-10,15,18H,4-6,11-14H2,1-3H3/t18-/m1/s1. The molecule has 6 nitrogen and oxygen atoms in total. The Hall–Kier alpha value is -2.44. The maximum Gasteiger partial charge on any atom is 0.305 e. The molecular formula is C21H29FN2O4. The summed E-state index contributed by atoms with van der Waals surface area (Å²) in [5.74, 6) is -0.536. The van der Waals surface area contributed by atoms with Gasteiger partial charge >= 0.3 is 5.97 Å². The second kappa shape index (κ2) is 10.2. The van der Waals surface area contributed by atoms with Crippen LogP contribution in [-0.2, 0) is 25.7 Å². The lowest BCUT2D eigenvalue weighted by Crippen LogP contribution is -2.47. The molecule has 1 fully saturated rings. The van der Waals surface area contributed by atoms with Crippen molar-refractivity contribution in [2.45, 2.75) is 52.1 Å². The van der Waals surface area contributed by atoms with Crippen LogP contribution in [0.4, 0.5) is 4.39 Å². The minimum atomic E-state index is -0.329. The number of methoxy groups -OCH3 is 1. The summed E-state index contributed by atoms with van der Waals surface area (Å²) in [6.07, 6.45) is 1.15. The van der Waals surface area contributed by atoms with Crippen LogP contribution in [0.25, 0.3) is 0 Å². The molecule has 1 aromatic carbocycles. The van der Waals surface area contributed by atoms with E-state index in [-0.39, 0.29) is 54.8 Å². The molecule has 0 radical (unpaired) electrons. The molecule has 7 heteroatoms. The van der Waals surface area contributed by atoms with Crippen LogP contribution in [0.1, 0.15) is 45.1 Å². The first-order valence-corrected chi connectivity index (χ1v) is 9.70. The Kier molecular flexibility index (Phi) is 7.96. The van der Waals surface area contributed by atoms with Crippen LogP contribution >= 0.6 is 0 Å². The fraction of sp³-hybridized carbons (Fsp3) is 0.571. The van der Waals surface area contributed by atoms with Crippen molar-refractivity contribution in [1.82, 2.24) is 9.80 Å². The molecule has 0 bridgehead atoms. The van der Waals surface area contributed by atoms with Crippen molar-refractivity contribution in [3.8, 4) is 0 Å². The minimum Gasteiger partial charge on any atom is -0.469 e. The molecule has 1 aromatic rings. The van der Waals surface area contributed by atoms with Gasteiger partial charge in [-0.3, -0.25) is 14.4 Å². The highest BCUT2D eigenvalue weighted by Gasteiger charge is 2.33. The smallest absolute Gasteiger partial charge is 0.305 e. The van der Waals surface area contributed by atoms with E-state index in [1.165, 1.54) is 19.2 Å². The Morgan fingerprint density at radius 1 is 1.21 bits per heavy atom. The summed E-state index contributed by atoms with van der Waals surface area (Å²) in [4.78, 5) is 40.1. The summed E-state index contributed by atoms with van der Waals surface area (Å²) < 4.78 is 17.8. The van der Waals surface area contributed by atoms with E-state index in [0.717, 1.165) is 5.56 Å². The van der Waals surface area contributed by atoms with E-state index in [2.05, 4.69) is 4.74 Å². The SMILES string of the molecule is COC(=O)CCCC(=O)N1CCC(=O)N(Cc2ccc(F)cc2)[C@@H](C(C)C)C1. The van der Waals surface area contributed by atoms with Gasteiger partial charge in [-0.05, 0) is 30.0 Å². The summed E-state index contributed by atoms with van der Waals surface area (Å²) in [5.41, 5.74) is 0.859. The number of rotatable bonds is 7.